The third-order valence-electron chi connectivity index (χ3n) is 8.53. The third-order valence-corrected chi connectivity index (χ3v) is 9.81. The van der Waals surface area contributed by atoms with Crippen LogP contribution in [0.2, 0.25) is 0 Å². The fourth-order valence-electron chi connectivity index (χ4n) is 6.48. The van der Waals surface area contributed by atoms with Gasteiger partial charge >= 0.3 is 0 Å². The molecule has 0 radical (unpaired) electrons. The number of hydrogen-bond acceptors (Lipinski definition) is 4. The van der Waals surface area contributed by atoms with Crippen LogP contribution < -0.4 is 0 Å². The van der Waals surface area contributed by atoms with Crippen LogP contribution in [-0.2, 0) is 0 Å². The molecular weight excluding hydrogens is 557 g/mol. The molecule has 1 aliphatic rings. The van der Waals surface area contributed by atoms with Crippen LogP contribution in [0.1, 0.15) is 18.7 Å². The Balaban J connectivity index is 1.31. The van der Waals surface area contributed by atoms with E-state index in [1.165, 1.54) is 47.7 Å². The molecule has 0 saturated carbocycles. The van der Waals surface area contributed by atoms with Gasteiger partial charge in [-0.25, -0.2) is 15.0 Å². The van der Waals surface area contributed by atoms with E-state index >= 15 is 0 Å². The predicted octanol–water partition coefficient (Wildman–Crippen LogP) is 10.4. The summed E-state index contributed by atoms with van der Waals surface area (Å²) in [6.07, 6.45) is 8.34. The minimum absolute atomic E-state index is 0.699. The molecule has 3 aromatic heterocycles. The molecule has 5 aromatic carbocycles. The lowest BCUT2D eigenvalue weighted by molar-refractivity contribution is 0.979. The van der Waals surface area contributed by atoms with Gasteiger partial charge in [0.25, 0.3) is 0 Å². The summed E-state index contributed by atoms with van der Waals surface area (Å²) in [5, 5.41) is 4.98. The van der Waals surface area contributed by atoms with Crippen molar-refractivity contribution < 1.29 is 0 Å². The van der Waals surface area contributed by atoms with Gasteiger partial charge in [0.05, 0.1) is 21.4 Å². The Bertz CT molecular complexity index is 2390. The maximum Gasteiger partial charge on any atom is 0.165 e. The first-order valence-electron chi connectivity index (χ1n) is 14.9. The Labute approximate surface area is 258 Å². The van der Waals surface area contributed by atoms with E-state index in [2.05, 4.69) is 120 Å². The first kappa shape index (κ1) is 25.1. The molecule has 5 heteroatoms. The van der Waals surface area contributed by atoms with E-state index in [0.717, 1.165) is 35.4 Å². The zero-order valence-electron chi connectivity index (χ0n) is 23.8. The van der Waals surface area contributed by atoms with Crippen LogP contribution >= 0.6 is 11.3 Å². The molecule has 4 nitrogen and oxygen atoms in total. The Morgan fingerprint density at radius 1 is 0.545 bits per heavy atom. The molecule has 0 spiro atoms. The number of para-hydroxylation sites is 2. The maximum absolute atomic E-state index is 5.10. The Hall–Kier alpha value is -5.39. The van der Waals surface area contributed by atoms with Crippen molar-refractivity contribution in [2.75, 3.05) is 0 Å². The van der Waals surface area contributed by atoms with Gasteiger partial charge in [0.15, 0.2) is 17.5 Å². The Kier molecular flexibility index (Phi) is 5.78. The van der Waals surface area contributed by atoms with Crippen LogP contribution in [0.5, 0.6) is 0 Å². The van der Waals surface area contributed by atoms with Crippen molar-refractivity contribution in [2.24, 2.45) is 0 Å². The minimum Gasteiger partial charge on any atom is -0.308 e. The van der Waals surface area contributed by atoms with Crippen molar-refractivity contribution >= 4 is 58.9 Å². The van der Waals surface area contributed by atoms with Crippen LogP contribution in [0.3, 0.4) is 0 Å². The SMILES string of the molecule is C1=CCCC(c2nc(-c3ccccc3)nc(-c3cccc4c3sc3c(-n5c6ccccc6c6ccccc65)cccc34)n2)=C1. The monoisotopic (exact) mass is 582 g/mol. The van der Waals surface area contributed by atoms with E-state index in [1.807, 2.05) is 29.5 Å². The van der Waals surface area contributed by atoms with Crippen LogP contribution in [0.4, 0.5) is 0 Å². The van der Waals surface area contributed by atoms with E-state index in [1.54, 1.807) is 0 Å². The molecule has 0 bridgehead atoms. The quantitative estimate of drug-likeness (QED) is 0.207. The van der Waals surface area contributed by atoms with Crippen LogP contribution in [-0.4, -0.2) is 19.5 Å². The number of benzene rings is 5. The van der Waals surface area contributed by atoms with Gasteiger partial charge in [-0.15, -0.1) is 11.3 Å². The van der Waals surface area contributed by atoms with Gasteiger partial charge in [-0.05, 0) is 42.7 Å². The summed E-state index contributed by atoms with van der Waals surface area (Å²) >= 11 is 1.82. The van der Waals surface area contributed by atoms with Crippen LogP contribution in [0, 0.1) is 0 Å². The van der Waals surface area contributed by atoms with Crippen molar-refractivity contribution in [1.29, 1.82) is 0 Å². The average molecular weight is 583 g/mol. The number of hydrogen-bond donors (Lipinski definition) is 0. The van der Waals surface area contributed by atoms with E-state index in [0.29, 0.717) is 11.6 Å². The molecule has 44 heavy (non-hydrogen) atoms. The highest BCUT2D eigenvalue weighted by Gasteiger charge is 2.20. The molecule has 0 unspecified atom stereocenters. The van der Waals surface area contributed by atoms with Gasteiger partial charge in [-0.2, -0.15) is 0 Å². The lowest BCUT2D eigenvalue weighted by Gasteiger charge is -2.12. The highest BCUT2D eigenvalue weighted by atomic mass is 32.1. The van der Waals surface area contributed by atoms with E-state index in [4.69, 9.17) is 15.0 Å². The van der Waals surface area contributed by atoms with Crippen molar-refractivity contribution in [3.8, 4) is 28.5 Å². The largest absolute Gasteiger partial charge is 0.308 e. The van der Waals surface area contributed by atoms with E-state index < -0.39 is 0 Å². The Morgan fingerprint density at radius 2 is 1.18 bits per heavy atom. The van der Waals surface area contributed by atoms with Crippen molar-refractivity contribution in [3.05, 3.63) is 139 Å². The van der Waals surface area contributed by atoms with Crippen molar-refractivity contribution in [3.63, 3.8) is 0 Å². The molecular formula is C39H26N4S. The molecule has 208 valence electrons. The summed E-state index contributed by atoms with van der Waals surface area (Å²) in [4.78, 5) is 15.1. The number of aromatic nitrogens is 4. The van der Waals surface area contributed by atoms with Gasteiger partial charge in [-0.3, -0.25) is 0 Å². The molecule has 3 heterocycles. The summed E-state index contributed by atoms with van der Waals surface area (Å²) in [5.41, 5.74) is 6.77. The number of thiophene rings is 1. The lowest BCUT2D eigenvalue weighted by Crippen LogP contribution is -2.03. The normalized spacial score (nSPS) is 13.3. The van der Waals surface area contributed by atoms with E-state index in [9.17, 15) is 0 Å². The summed E-state index contributed by atoms with van der Waals surface area (Å²) in [5.74, 6) is 2.16. The topological polar surface area (TPSA) is 43.6 Å². The molecule has 9 rings (SSSR count). The molecule has 1 aliphatic carbocycles. The first-order chi connectivity index (χ1) is 21.8. The molecule has 8 aromatic rings. The Morgan fingerprint density at radius 3 is 1.93 bits per heavy atom. The van der Waals surface area contributed by atoms with Gasteiger partial charge in [0.2, 0.25) is 0 Å². The van der Waals surface area contributed by atoms with Crippen molar-refractivity contribution in [2.45, 2.75) is 12.8 Å². The van der Waals surface area contributed by atoms with E-state index in [-0.39, 0.29) is 0 Å². The number of allylic oxidation sites excluding steroid dienone is 4. The van der Waals surface area contributed by atoms with Gasteiger partial charge < -0.3 is 4.57 Å². The predicted molar refractivity (Wildman–Crippen MR) is 184 cm³/mol. The fourth-order valence-corrected chi connectivity index (χ4v) is 7.80. The number of rotatable bonds is 4. The number of fused-ring (bicyclic) bond motifs is 6. The second-order valence-corrected chi connectivity index (χ2v) is 12.2. The summed E-state index contributed by atoms with van der Waals surface area (Å²) in [6.45, 7) is 0. The molecule has 0 N–H and O–H groups in total. The lowest BCUT2D eigenvalue weighted by atomic mass is 10.0. The summed E-state index contributed by atoms with van der Waals surface area (Å²) < 4.78 is 4.85. The fraction of sp³-hybridized carbons (Fsp3) is 0.0513. The smallest absolute Gasteiger partial charge is 0.165 e. The van der Waals surface area contributed by atoms with Crippen molar-refractivity contribution in [1.82, 2.24) is 19.5 Å². The highest BCUT2D eigenvalue weighted by Crippen LogP contribution is 2.43. The molecule has 0 amide bonds. The second-order valence-electron chi connectivity index (χ2n) is 11.1. The molecule has 0 saturated heterocycles. The number of nitrogens with zero attached hydrogens (tertiary/aromatic N) is 4. The van der Waals surface area contributed by atoms with Crippen LogP contribution in [0.15, 0.2) is 133 Å². The minimum atomic E-state index is 0.699. The van der Waals surface area contributed by atoms with Gasteiger partial charge in [-0.1, -0.05) is 109 Å². The summed E-state index contributed by atoms with van der Waals surface area (Å²) in [6, 6.07) is 40.8. The standard InChI is InChI=1S/C39H26N4S/c1-3-13-25(14-4-1)37-40-38(26-15-5-2-6-16-26)42-39(41-37)31-21-11-19-29-30-20-12-24-34(36(30)44-35(29)31)43-32-22-9-7-17-27(32)28-18-8-10-23-33(28)43/h1-5,7-15,17-24H,6,16H2. The third kappa shape index (κ3) is 3.94. The molecule has 0 fully saturated rings. The van der Waals surface area contributed by atoms with Gasteiger partial charge in [0.1, 0.15) is 0 Å². The molecule has 0 aliphatic heterocycles. The zero-order valence-corrected chi connectivity index (χ0v) is 24.6. The highest BCUT2D eigenvalue weighted by molar-refractivity contribution is 7.26. The van der Waals surface area contributed by atoms with Crippen LogP contribution in [0.25, 0.3) is 76.0 Å². The second kappa shape index (κ2) is 10.1. The first-order valence-corrected chi connectivity index (χ1v) is 15.8. The average Bonchev–Trinajstić information content (AvgIpc) is 3.65. The van der Waals surface area contributed by atoms with Gasteiger partial charge in [0, 0.05) is 37.4 Å². The molecule has 0 atom stereocenters. The zero-order chi connectivity index (χ0) is 29.0. The maximum atomic E-state index is 5.10. The summed E-state index contributed by atoms with van der Waals surface area (Å²) in [7, 11) is 0.